The Balaban J connectivity index is 2.07. The molecule has 0 spiro atoms. The Kier molecular flexibility index (Phi) is 4.61. The normalized spacial score (nSPS) is 17.7. The smallest absolute Gasteiger partial charge is 0.254 e. The molecular formula is C14H19IN2O. The van der Waals surface area contributed by atoms with Crippen molar-refractivity contribution < 1.29 is 4.79 Å². The molecule has 0 atom stereocenters. The van der Waals surface area contributed by atoms with E-state index in [1.165, 1.54) is 0 Å². The van der Waals surface area contributed by atoms with Crippen LogP contribution in [0.3, 0.4) is 0 Å². The van der Waals surface area contributed by atoms with Gasteiger partial charge in [-0.25, -0.2) is 0 Å². The number of halogens is 1. The van der Waals surface area contributed by atoms with E-state index < -0.39 is 0 Å². The van der Waals surface area contributed by atoms with Crippen molar-refractivity contribution in [2.45, 2.75) is 18.9 Å². The van der Waals surface area contributed by atoms with E-state index in [1.807, 2.05) is 36.2 Å². The molecule has 0 saturated carbocycles. The highest BCUT2D eigenvalue weighted by atomic mass is 127. The van der Waals surface area contributed by atoms with Gasteiger partial charge in [-0.05, 0) is 67.7 Å². The minimum Gasteiger partial charge on any atom is -0.339 e. The van der Waals surface area contributed by atoms with E-state index in [2.05, 4.69) is 34.5 Å². The lowest BCUT2D eigenvalue weighted by Crippen LogP contribution is -2.44. The third-order valence-electron chi connectivity index (χ3n) is 3.66. The highest BCUT2D eigenvalue weighted by Gasteiger charge is 2.25. The number of carbonyl (C=O) groups excluding carboxylic acids is 1. The summed E-state index contributed by atoms with van der Waals surface area (Å²) in [6.45, 7) is 2.16. The van der Waals surface area contributed by atoms with Gasteiger partial charge in [0.05, 0.1) is 5.56 Å². The van der Waals surface area contributed by atoms with E-state index in [4.69, 9.17) is 0 Å². The van der Waals surface area contributed by atoms with Crippen LogP contribution in [0.25, 0.3) is 0 Å². The average molecular weight is 358 g/mol. The molecule has 0 bridgehead atoms. The Hall–Kier alpha value is -0.620. The molecule has 4 heteroatoms. The largest absolute Gasteiger partial charge is 0.339 e. The van der Waals surface area contributed by atoms with Crippen LogP contribution >= 0.6 is 22.6 Å². The van der Waals surface area contributed by atoms with Crippen molar-refractivity contribution in [3.05, 3.63) is 33.4 Å². The van der Waals surface area contributed by atoms with Crippen molar-refractivity contribution in [2.24, 2.45) is 0 Å². The van der Waals surface area contributed by atoms with Crippen LogP contribution in [0, 0.1) is 3.57 Å². The summed E-state index contributed by atoms with van der Waals surface area (Å²) < 4.78 is 1.03. The molecule has 0 N–H and O–H groups in total. The molecule has 2 rings (SSSR count). The third-order valence-corrected chi connectivity index (χ3v) is 4.60. The van der Waals surface area contributed by atoms with E-state index in [1.54, 1.807) is 0 Å². The van der Waals surface area contributed by atoms with Crippen molar-refractivity contribution in [2.75, 3.05) is 27.2 Å². The molecule has 1 aliphatic rings. The Bertz CT molecular complexity index is 428. The van der Waals surface area contributed by atoms with Gasteiger partial charge in [0.15, 0.2) is 0 Å². The standard InChI is InChI=1S/C14H19IN2O/c1-16-9-7-11(8-10-16)17(2)14(18)12-5-3-4-6-13(12)15/h3-6,11H,7-10H2,1-2H3. The first-order valence-electron chi connectivity index (χ1n) is 6.30. The van der Waals surface area contributed by atoms with Crippen LogP contribution in [-0.2, 0) is 0 Å². The quantitative estimate of drug-likeness (QED) is 0.759. The lowest BCUT2D eigenvalue weighted by atomic mass is 10.0. The molecular weight excluding hydrogens is 339 g/mol. The molecule has 0 radical (unpaired) electrons. The van der Waals surface area contributed by atoms with Crippen LogP contribution in [0.4, 0.5) is 0 Å². The van der Waals surface area contributed by atoms with Crippen molar-refractivity contribution in [3.63, 3.8) is 0 Å². The summed E-state index contributed by atoms with van der Waals surface area (Å²) in [4.78, 5) is 16.7. The second kappa shape index (κ2) is 6.02. The van der Waals surface area contributed by atoms with Crippen LogP contribution in [-0.4, -0.2) is 48.9 Å². The minimum atomic E-state index is 0.148. The molecule has 0 aromatic heterocycles. The number of benzene rings is 1. The maximum Gasteiger partial charge on any atom is 0.254 e. The molecule has 1 heterocycles. The fraction of sp³-hybridized carbons (Fsp3) is 0.500. The van der Waals surface area contributed by atoms with Gasteiger partial charge in [-0.2, -0.15) is 0 Å². The Morgan fingerprint density at radius 2 is 1.94 bits per heavy atom. The Morgan fingerprint density at radius 1 is 1.33 bits per heavy atom. The number of hydrogen-bond donors (Lipinski definition) is 0. The minimum absolute atomic E-state index is 0.148. The number of likely N-dealkylation sites (tertiary alicyclic amines) is 1. The second-order valence-electron chi connectivity index (χ2n) is 4.93. The van der Waals surface area contributed by atoms with Crippen LogP contribution in [0.5, 0.6) is 0 Å². The molecule has 98 valence electrons. The predicted octanol–water partition coefficient (Wildman–Crippen LogP) is 2.46. The zero-order valence-corrected chi connectivity index (χ0v) is 13.1. The molecule has 18 heavy (non-hydrogen) atoms. The molecule has 1 amide bonds. The zero-order chi connectivity index (χ0) is 13.1. The van der Waals surface area contributed by atoms with Gasteiger partial charge in [-0.3, -0.25) is 4.79 Å². The average Bonchev–Trinajstić information content (AvgIpc) is 2.38. The van der Waals surface area contributed by atoms with Crippen molar-refractivity contribution >= 4 is 28.5 Å². The van der Waals surface area contributed by atoms with E-state index in [0.29, 0.717) is 6.04 Å². The van der Waals surface area contributed by atoms with Gasteiger partial charge < -0.3 is 9.80 Å². The van der Waals surface area contributed by atoms with Gasteiger partial charge in [0.25, 0.3) is 5.91 Å². The summed E-state index contributed by atoms with van der Waals surface area (Å²) in [6, 6.07) is 8.17. The van der Waals surface area contributed by atoms with E-state index in [9.17, 15) is 4.79 Å². The molecule has 0 aliphatic carbocycles. The van der Waals surface area contributed by atoms with Gasteiger partial charge in [-0.1, -0.05) is 12.1 Å². The number of hydrogen-bond acceptors (Lipinski definition) is 2. The van der Waals surface area contributed by atoms with E-state index in [-0.39, 0.29) is 5.91 Å². The Labute approximate surface area is 122 Å². The summed E-state index contributed by atoms with van der Waals surface area (Å²) in [7, 11) is 4.07. The van der Waals surface area contributed by atoms with Gasteiger partial charge in [0.2, 0.25) is 0 Å². The summed E-state index contributed by atoms with van der Waals surface area (Å²) in [6.07, 6.45) is 2.14. The van der Waals surface area contributed by atoms with E-state index >= 15 is 0 Å². The first-order valence-corrected chi connectivity index (χ1v) is 7.37. The van der Waals surface area contributed by atoms with Crippen molar-refractivity contribution in [3.8, 4) is 0 Å². The maximum absolute atomic E-state index is 12.5. The number of nitrogens with zero attached hydrogens (tertiary/aromatic N) is 2. The topological polar surface area (TPSA) is 23.6 Å². The fourth-order valence-electron chi connectivity index (χ4n) is 2.37. The third kappa shape index (κ3) is 3.03. The Morgan fingerprint density at radius 3 is 2.56 bits per heavy atom. The van der Waals surface area contributed by atoms with Crippen molar-refractivity contribution in [1.82, 2.24) is 9.80 Å². The summed E-state index contributed by atoms with van der Waals surface area (Å²) in [5, 5.41) is 0. The number of piperidine rings is 1. The molecule has 1 aromatic carbocycles. The first kappa shape index (κ1) is 13.8. The molecule has 1 saturated heterocycles. The molecule has 3 nitrogen and oxygen atoms in total. The van der Waals surface area contributed by atoms with Gasteiger partial charge >= 0.3 is 0 Å². The van der Waals surface area contributed by atoms with Crippen LogP contribution in [0.15, 0.2) is 24.3 Å². The molecule has 1 aliphatic heterocycles. The van der Waals surface area contributed by atoms with Crippen LogP contribution < -0.4 is 0 Å². The van der Waals surface area contributed by atoms with Gasteiger partial charge in [0.1, 0.15) is 0 Å². The predicted molar refractivity (Wildman–Crippen MR) is 81.8 cm³/mol. The monoisotopic (exact) mass is 358 g/mol. The number of amides is 1. The highest BCUT2D eigenvalue weighted by molar-refractivity contribution is 14.1. The number of rotatable bonds is 2. The SMILES string of the molecule is CN1CCC(N(C)C(=O)c2ccccc2I)CC1. The van der Waals surface area contributed by atoms with Gasteiger partial charge in [0, 0.05) is 16.7 Å². The van der Waals surface area contributed by atoms with Crippen LogP contribution in [0.2, 0.25) is 0 Å². The van der Waals surface area contributed by atoms with Crippen LogP contribution in [0.1, 0.15) is 23.2 Å². The highest BCUT2D eigenvalue weighted by Crippen LogP contribution is 2.19. The summed E-state index contributed by atoms with van der Waals surface area (Å²) in [5.41, 5.74) is 0.819. The maximum atomic E-state index is 12.5. The zero-order valence-electron chi connectivity index (χ0n) is 10.9. The lowest BCUT2D eigenvalue weighted by Gasteiger charge is -2.35. The fourth-order valence-corrected chi connectivity index (χ4v) is 2.99. The summed E-state index contributed by atoms with van der Waals surface area (Å²) >= 11 is 2.23. The summed E-state index contributed by atoms with van der Waals surface area (Å²) in [5.74, 6) is 0.148. The van der Waals surface area contributed by atoms with E-state index in [0.717, 1.165) is 35.1 Å². The van der Waals surface area contributed by atoms with Crippen molar-refractivity contribution in [1.29, 1.82) is 0 Å². The second-order valence-corrected chi connectivity index (χ2v) is 6.09. The molecule has 1 aromatic rings. The number of carbonyl (C=O) groups is 1. The van der Waals surface area contributed by atoms with Gasteiger partial charge in [-0.15, -0.1) is 0 Å². The first-order chi connectivity index (χ1) is 8.59. The molecule has 1 fully saturated rings. The lowest BCUT2D eigenvalue weighted by molar-refractivity contribution is 0.0658. The molecule has 0 unspecified atom stereocenters.